The summed E-state index contributed by atoms with van der Waals surface area (Å²) in [6.45, 7) is -1.80. The Morgan fingerprint density at radius 3 is 1.50 bits per heavy atom. The highest BCUT2D eigenvalue weighted by Crippen LogP contribution is 2.65. The molecule has 0 aromatic heterocycles. The van der Waals surface area contributed by atoms with Crippen LogP contribution in [-0.4, -0.2) is 0 Å². The predicted molar refractivity (Wildman–Crippen MR) is 135 cm³/mol. The van der Waals surface area contributed by atoms with Crippen LogP contribution < -0.4 is 5.30 Å². The molecule has 0 bridgehead atoms. The molecule has 0 unspecified atom stereocenters. The highest BCUT2D eigenvalue weighted by molar-refractivity contribution is 8.44. The lowest BCUT2D eigenvalue weighted by Gasteiger charge is -2.32. The Kier molecular flexibility index (Phi) is 4.23. The van der Waals surface area contributed by atoms with Gasteiger partial charge in [-0.1, -0.05) is 97.5 Å². The summed E-state index contributed by atoms with van der Waals surface area (Å²) in [6.07, 6.45) is 1.94. The van der Waals surface area contributed by atoms with E-state index >= 15 is 0 Å². The third kappa shape index (κ3) is 2.81. The Bertz CT molecular complexity index is 1320. The first kappa shape index (κ1) is 18.2. The van der Waals surface area contributed by atoms with E-state index in [-0.39, 0.29) is 0 Å². The van der Waals surface area contributed by atoms with E-state index in [2.05, 4.69) is 103 Å². The van der Waals surface area contributed by atoms with Crippen LogP contribution in [0.5, 0.6) is 0 Å². The van der Waals surface area contributed by atoms with E-state index in [0.717, 1.165) is 12.3 Å². The second kappa shape index (κ2) is 6.98. The van der Waals surface area contributed by atoms with Crippen LogP contribution in [0.2, 0.25) is 0 Å². The van der Waals surface area contributed by atoms with Crippen LogP contribution in [0.15, 0.2) is 103 Å². The van der Waals surface area contributed by atoms with E-state index < -0.39 is 6.46 Å². The van der Waals surface area contributed by atoms with Crippen molar-refractivity contribution in [3.05, 3.63) is 114 Å². The van der Waals surface area contributed by atoms with E-state index in [1.54, 1.807) is 0 Å². The summed E-state index contributed by atoms with van der Waals surface area (Å²) in [6, 6.07) is 37.6. The summed E-state index contributed by atoms with van der Waals surface area (Å²) in [7, 11) is 0. The van der Waals surface area contributed by atoms with E-state index in [1.807, 2.05) is 0 Å². The monoisotopic (exact) mass is 420 g/mol. The second-order valence-electron chi connectivity index (χ2n) is 8.18. The van der Waals surface area contributed by atoms with Gasteiger partial charge in [-0.15, -0.1) is 0 Å². The Balaban J connectivity index is 1.75. The fraction of sp³-hybridized carbons (Fsp3) is 0.0714. The van der Waals surface area contributed by atoms with Gasteiger partial charge in [-0.3, -0.25) is 0 Å². The summed E-state index contributed by atoms with van der Waals surface area (Å²) in [4.78, 5) is 0. The molecule has 0 radical (unpaired) electrons. The topological polar surface area (TPSA) is 0 Å². The number of fused-ring (bicyclic) bond motifs is 7. The lowest BCUT2D eigenvalue weighted by Crippen LogP contribution is -2.12. The number of hydrogen-bond donors (Lipinski definition) is 0. The summed E-state index contributed by atoms with van der Waals surface area (Å²) in [5.74, 6) is 0. The predicted octanol–water partition coefficient (Wildman–Crippen LogP) is 7.48. The maximum Gasteiger partial charge on any atom is 0.0733 e. The average Bonchev–Trinajstić information content (AvgIpc) is 2.94. The molecule has 0 saturated heterocycles. The maximum atomic E-state index is 6.52. The molecular weight excluding hydrogens is 399 g/mol. The smallest absolute Gasteiger partial charge is 0.0733 e. The molecule has 0 atom stereocenters. The van der Waals surface area contributed by atoms with Crippen LogP contribution in [0.4, 0.5) is 0 Å². The Morgan fingerprint density at radius 1 is 0.500 bits per heavy atom. The average molecular weight is 421 g/mol. The summed E-state index contributed by atoms with van der Waals surface area (Å²) >= 11 is 6.52. The first-order chi connectivity index (χ1) is 14.7. The van der Waals surface area contributed by atoms with Crippen LogP contribution in [0, 0.1) is 0 Å². The van der Waals surface area contributed by atoms with Crippen LogP contribution >= 0.6 is 6.46 Å². The first-order valence-corrected chi connectivity index (χ1v) is 13.6. The molecule has 0 nitrogen and oxygen atoms in total. The molecule has 1 aliphatic heterocycles. The number of hydrogen-bond acceptors (Lipinski definition) is 1. The van der Waals surface area contributed by atoms with Gasteiger partial charge in [0.1, 0.15) is 0 Å². The van der Waals surface area contributed by atoms with Gasteiger partial charge in [0.15, 0.2) is 0 Å². The molecule has 0 aliphatic carbocycles. The van der Waals surface area contributed by atoms with Gasteiger partial charge in [0.05, 0.1) is 17.6 Å². The SMILES string of the molecule is [S-][P+]1(c2ccccc2)Cc2ccc3ccccc3c2-c2c(ccc3ccccc23)C1. The van der Waals surface area contributed by atoms with E-state index in [4.69, 9.17) is 12.2 Å². The molecule has 0 fully saturated rings. The Labute approximate surface area is 183 Å². The molecule has 5 aromatic rings. The van der Waals surface area contributed by atoms with Crippen LogP contribution in [0.25, 0.3) is 32.7 Å². The minimum absolute atomic E-state index is 0.968. The van der Waals surface area contributed by atoms with Gasteiger partial charge in [-0.25, -0.2) is 0 Å². The van der Waals surface area contributed by atoms with Crippen LogP contribution in [0.1, 0.15) is 11.1 Å². The number of benzene rings is 5. The van der Waals surface area contributed by atoms with Crippen molar-refractivity contribution in [3.8, 4) is 11.1 Å². The molecule has 30 heavy (non-hydrogen) atoms. The van der Waals surface area contributed by atoms with Gasteiger partial charge in [-0.05, 0) is 55.9 Å². The third-order valence-corrected chi connectivity index (χ3v) is 10.7. The lowest BCUT2D eigenvalue weighted by molar-refractivity contribution is 1.39. The van der Waals surface area contributed by atoms with Gasteiger partial charge >= 0.3 is 0 Å². The van der Waals surface area contributed by atoms with Gasteiger partial charge in [0.2, 0.25) is 0 Å². The Morgan fingerprint density at radius 2 is 0.967 bits per heavy atom. The summed E-state index contributed by atoms with van der Waals surface area (Å²) in [5.41, 5.74) is 5.58. The van der Waals surface area contributed by atoms with Gasteiger partial charge in [0, 0.05) is 0 Å². The first-order valence-electron chi connectivity index (χ1n) is 10.4. The highest BCUT2D eigenvalue weighted by Gasteiger charge is 2.34. The minimum Gasteiger partial charge on any atom is -0.550 e. The van der Waals surface area contributed by atoms with Gasteiger partial charge < -0.3 is 12.2 Å². The second-order valence-corrected chi connectivity index (χ2v) is 13.2. The van der Waals surface area contributed by atoms with Crippen LogP contribution in [0.3, 0.4) is 0 Å². The zero-order valence-corrected chi connectivity index (χ0v) is 18.3. The van der Waals surface area contributed by atoms with Crippen molar-refractivity contribution in [1.29, 1.82) is 0 Å². The summed E-state index contributed by atoms with van der Waals surface area (Å²) < 4.78 is 0. The molecule has 0 spiro atoms. The molecule has 1 aliphatic rings. The molecule has 0 amide bonds. The van der Waals surface area contributed by atoms with Crippen molar-refractivity contribution in [3.63, 3.8) is 0 Å². The molecular formula is C28H21PS. The van der Waals surface area contributed by atoms with Crippen molar-refractivity contribution in [2.45, 2.75) is 12.3 Å². The molecule has 2 heteroatoms. The minimum atomic E-state index is -1.80. The molecule has 0 N–H and O–H groups in total. The van der Waals surface area contributed by atoms with Crippen molar-refractivity contribution >= 4 is 45.6 Å². The molecule has 6 rings (SSSR count). The molecule has 1 heterocycles. The van der Waals surface area contributed by atoms with E-state index in [1.165, 1.54) is 49.1 Å². The fourth-order valence-electron chi connectivity index (χ4n) is 4.98. The quantitative estimate of drug-likeness (QED) is 0.200. The lowest BCUT2D eigenvalue weighted by atomic mass is 9.88. The zero-order valence-electron chi connectivity index (χ0n) is 16.6. The van der Waals surface area contributed by atoms with Crippen LogP contribution in [-0.2, 0) is 24.6 Å². The van der Waals surface area contributed by atoms with E-state index in [0.29, 0.717) is 0 Å². The summed E-state index contributed by atoms with van der Waals surface area (Å²) in [5, 5.41) is 6.61. The van der Waals surface area contributed by atoms with Crippen molar-refractivity contribution < 1.29 is 0 Å². The van der Waals surface area contributed by atoms with Crippen molar-refractivity contribution in [2.75, 3.05) is 0 Å². The van der Waals surface area contributed by atoms with Gasteiger partial charge in [-0.2, -0.15) is 0 Å². The largest absolute Gasteiger partial charge is 0.550 e. The van der Waals surface area contributed by atoms with Crippen molar-refractivity contribution in [2.24, 2.45) is 0 Å². The normalized spacial score (nSPS) is 14.8. The van der Waals surface area contributed by atoms with Crippen molar-refractivity contribution in [1.82, 2.24) is 0 Å². The Hall–Kier alpha value is -2.60. The van der Waals surface area contributed by atoms with Gasteiger partial charge in [0.25, 0.3) is 0 Å². The van der Waals surface area contributed by atoms with E-state index in [9.17, 15) is 0 Å². The highest BCUT2D eigenvalue weighted by atomic mass is 32.7. The maximum absolute atomic E-state index is 6.52. The number of rotatable bonds is 1. The zero-order chi connectivity index (χ0) is 20.1. The molecule has 0 saturated carbocycles. The standard InChI is InChI=1S/C28H21PS/c30-29(24-10-2-1-3-11-24)18-22-16-14-20-8-4-6-12-25(20)27(22)28-23(19-29)17-15-21-9-5-7-13-26(21)28/h1-17H,18-19H2. The molecule has 5 aromatic carbocycles. The third-order valence-electron chi connectivity index (χ3n) is 6.36. The molecule has 144 valence electrons. The fourth-order valence-corrected chi connectivity index (χ4v) is 9.00.